The van der Waals surface area contributed by atoms with E-state index in [4.69, 9.17) is 15.7 Å². The topological polar surface area (TPSA) is 62.8 Å². The Morgan fingerprint density at radius 1 is 0.619 bits per heavy atom. The van der Waals surface area contributed by atoms with Gasteiger partial charge in [-0.3, -0.25) is 4.99 Å². The number of fused-ring (bicyclic) bond motifs is 3. The Bertz CT molecular complexity index is 2970. The molecule has 0 fully saturated rings. The summed E-state index contributed by atoms with van der Waals surface area (Å²) in [5.41, 5.74) is 23.4. The van der Waals surface area contributed by atoms with E-state index in [1.54, 1.807) is 0 Å². The average Bonchev–Trinajstić information content (AvgIpc) is 3.66. The Labute approximate surface area is 370 Å². The van der Waals surface area contributed by atoms with Crippen LogP contribution in [0.1, 0.15) is 69.6 Å². The number of hydrogen-bond donors (Lipinski definition) is 2. The largest absolute Gasteiger partial charge is 0.383 e. The van der Waals surface area contributed by atoms with Gasteiger partial charge in [0.05, 0.1) is 11.1 Å². The summed E-state index contributed by atoms with van der Waals surface area (Å²) < 4.78 is 0. The van der Waals surface area contributed by atoms with E-state index in [1.165, 1.54) is 55.7 Å². The molecule has 304 valence electrons. The molecule has 2 aliphatic rings. The fourth-order valence-electron chi connectivity index (χ4n) is 9.64. The Morgan fingerprint density at radius 2 is 1.22 bits per heavy atom. The smallest absolute Gasteiger partial charge is 0.167 e. The lowest BCUT2D eigenvalue weighted by molar-refractivity contribution is 0.764. The molecule has 0 heterocycles. The second kappa shape index (κ2) is 17.3. The minimum absolute atomic E-state index is 0.318. The average molecular weight is 813 g/mol. The highest BCUT2D eigenvalue weighted by Crippen LogP contribution is 2.60. The van der Waals surface area contributed by atoms with Crippen molar-refractivity contribution in [3.05, 3.63) is 275 Å². The number of allylic oxidation sites excluding steroid dienone is 4. The van der Waals surface area contributed by atoms with Crippen LogP contribution in [0.3, 0.4) is 0 Å². The molecular weight excluding hydrogens is 765 g/mol. The van der Waals surface area contributed by atoms with Gasteiger partial charge in [-0.15, -0.1) is 0 Å². The highest BCUT2D eigenvalue weighted by atomic mass is 15.0. The van der Waals surface area contributed by atoms with Crippen molar-refractivity contribution in [2.75, 3.05) is 5.32 Å². The molecule has 10 rings (SSSR count). The van der Waals surface area contributed by atoms with Crippen molar-refractivity contribution < 1.29 is 0 Å². The molecule has 2 atom stereocenters. The van der Waals surface area contributed by atoms with Crippen LogP contribution in [-0.4, -0.2) is 12.1 Å². The standard InChI is InChI=1S/C59H48N4/c1-41-38-45(34-35-50(41)43-22-9-3-10-23-43)51-36-37-53-52-32-17-18-33-54(52)59(47-27-13-5-14-28-47,48-29-15-6-16-30-48)55(53)56(51)62-49-31-19-26-46(39-49)58(61-40-42-20-7-2-8-21-42)63-57(60)44-24-11-4-12-25-44/h2-37,39-41,58,62H,38H2,1H3,(H2,60,63)/b61-40+. The fourth-order valence-corrected chi connectivity index (χ4v) is 9.64. The molecule has 2 aliphatic carbocycles. The normalized spacial score (nSPS) is 15.8. The van der Waals surface area contributed by atoms with E-state index in [1.807, 2.05) is 66.9 Å². The van der Waals surface area contributed by atoms with Crippen molar-refractivity contribution in [1.82, 2.24) is 0 Å². The summed E-state index contributed by atoms with van der Waals surface area (Å²) >= 11 is 0. The maximum Gasteiger partial charge on any atom is 0.167 e. The molecule has 0 saturated carbocycles. The van der Waals surface area contributed by atoms with Crippen LogP contribution in [0, 0.1) is 5.92 Å². The van der Waals surface area contributed by atoms with Gasteiger partial charge in [-0.1, -0.05) is 219 Å². The second-order valence-electron chi connectivity index (χ2n) is 16.4. The zero-order valence-electron chi connectivity index (χ0n) is 35.3. The molecule has 8 aromatic rings. The molecule has 0 aliphatic heterocycles. The Hall–Kier alpha value is -7.82. The van der Waals surface area contributed by atoms with Crippen LogP contribution in [0.15, 0.2) is 234 Å². The predicted molar refractivity (Wildman–Crippen MR) is 264 cm³/mol. The Balaban J connectivity index is 1.19. The van der Waals surface area contributed by atoms with E-state index < -0.39 is 11.6 Å². The van der Waals surface area contributed by atoms with Gasteiger partial charge in [0.15, 0.2) is 6.17 Å². The number of amidine groups is 1. The first kappa shape index (κ1) is 39.3. The van der Waals surface area contributed by atoms with Crippen molar-refractivity contribution in [2.24, 2.45) is 21.6 Å². The van der Waals surface area contributed by atoms with Crippen LogP contribution in [0.5, 0.6) is 0 Å². The molecule has 8 aromatic carbocycles. The van der Waals surface area contributed by atoms with E-state index in [2.05, 4.69) is 176 Å². The lowest BCUT2D eigenvalue weighted by atomic mass is 9.66. The second-order valence-corrected chi connectivity index (χ2v) is 16.4. The first-order valence-electron chi connectivity index (χ1n) is 21.8. The van der Waals surface area contributed by atoms with Crippen LogP contribution in [0.2, 0.25) is 0 Å². The maximum atomic E-state index is 6.72. The molecule has 0 radical (unpaired) electrons. The number of aliphatic imine (C=N–C) groups is 2. The summed E-state index contributed by atoms with van der Waals surface area (Å²) in [6.07, 6.45) is 6.86. The monoisotopic (exact) mass is 812 g/mol. The van der Waals surface area contributed by atoms with Gasteiger partial charge >= 0.3 is 0 Å². The SMILES string of the molecule is CC1CC(c2ccc3c(c2Nc2cccc(C(/N=C(\N)c4ccccc4)/N=C/c4ccccc4)c2)C(c2ccccc2)(c2ccccc2)c2ccccc2-3)=CC=C1c1ccccc1. The zero-order chi connectivity index (χ0) is 42.6. The predicted octanol–water partition coefficient (Wildman–Crippen LogP) is 13.8. The van der Waals surface area contributed by atoms with Gasteiger partial charge < -0.3 is 11.1 Å². The highest BCUT2D eigenvalue weighted by Gasteiger charge is 2.48. The molecule has 0 saturated heterocycles. The molecule has 0 spiro atoms. The van der Waals surface area contributed by atoms with Crippen LogP contribution >= 0.6 is 0 Å². The van der Waals surface area contributed by atoms with Gasteiger partial charge in [-0.25, -0.2) is 4.99 Å². The first-order chi connectivity index (χ1) is 31.1. The molecule has 4 nitrogen and oxygen atoms in total. The Kier molecular flexibility index (Phi) is 10.8. The van der Waals surface area contributed by atoms with E-state index in [9.17, 15) is 0 Å². The summed E-state index contributed by atoms with van der Waals surface area (Å²) in [6.45, 7) is 2.35. The molecule has 0 aromatic heterocycles. The van der Waals surface area contributed by atoms with Gasteiger partial charge in [0.25, 0.3) is 0 Å². The lowest BCUT2D eigenvalue weighted by Gasteiger charge is -2.36. The first-order valence-corrected chi connectivity index (χ1v) is 21.8. The molecule has 2 unspecified atom stereocenters. The molecule has 0 amide bonds. The summed E-state index contributed by atoms with van der Waals surface area (Å²) in [5, 5.41) is 4.12. The van der Waals surface area contributed by atoms with E-state index in [0.29, 0.717) is 11.8 Å². The van der Waals surface area contributed by atoms with Crippen molar-refractivity contribution in [2.45, 2.75) is 24.9 Å². The van der Waals surface area contributed by atoms with Crippen LogP contribution in [0.4, 0.5) is 11.4 Å². The van der Waals surface area contributed by atoms with Crippen LogP contribution in [0.25, 0.3) is 22.3 Å². The fraction of sp³-hybridized carbons (Fsp3) is 0.0847. The number of anilines is 2. The van der Waals surface area contributed by atoms with Crippen LogP contribution in [-0.2, 0) is 5.41 Å². The molecule has 0 bridgehead atoms. The van der Waals surface area contributed by atoms with Gasteiger partial charge in [0.1, 0.15) is 5.84 Å². The number of hydrogen-bond acceptors (Lipinski definition) is 3. The van der Waals surface area contributed by atoms with E-state index >= 15 is 0 Å². The minimum atomic E-state index is -0.618. The summed E-state index contributed by atoms with van der Waals surface area (Å²) in [7, 11) is 0. The molecule has 63 heavy (non-hydrogen) atoms. The number of nitrogens with one attached hydrogen (secondary N) is 1. The third-order valence-corrected chi connectivity index (χ3v) is 12.5. The molecular formula is C59H48N4. The molecule has 4 heteroatoms. The van der Waals surface area contributed by atoms with Crippen molar-refractivity contribution in [1.29, 1.82) is 0 Å². The van der Waals surface area contributed by atoms with Crippen molar-refractivity contribution in [3.63, 3.8) is 0 Å². The lowest BCUT2D eigenvalue weighted by Crippen LogP contribution is -2.29. The minimum Gasteiger partial charge on any atom is -0.383 e. The Morgan fingerprint density at radius 3 is 1.90 bits per heavy atom. The summed E-state index contributed by atoms with van der Waals surface area (Å²) in [5.74, 6) is 0.750. The third-order valence-electron chi connectivity index (χ3n) is 12.5. The number of nitrogens with two attached hydrogens (primary N) is 1. The molecule has 3 N–H and O–H groups in total. The van der Waals surface area contributed by atoms with E-state index in [0.717, 1.165) is 34.5 Å². The van der Waals surface area contributed by atoms with Crippen molar-refractivity contribution in [3.8, 4) is 11.1 Å². The highest BCUT2D eigenvalue weighted by molar-refractivity contribution is 5.98. The quantitative estimate of drug-likeness (QED) is 0.101. The summed E-state index contributed by atoms with van der Waals surface area (Å²) in [4.78, 5) is 10.1. The zero-order valence-corrected chi connectivity index (χ0v) is 35.3. The number of rotatable bonds is 11. The number of nitrogens with zero attached hydrogens (tertiary/aromatic N) is 2. The van der Waals surface area contributed by atoms with Gasteiger partial charge in [0.2, 0.25) is 0 Å². The van der Waals surface area contributed by atoms with Gasteiger partial charge in [-0.2, -0.15) is 0 Å². The van der Waals surface area contributed by atoms with Crippen LogP contribution < -0.4 is 11.1 Å². The van der Waals surface area contributed by atoms with E-state index in [-0.39, 0.29) is 0 Å². The van der Waals surface area contributed by atoms with Crippen molar-refractivity contribution >= 4 is 34.6 Å². The third kappa shape index (κ3) is 7.51. The summed E-state index contributed by atoms with van der Waals surface area (Å²) in [6, 6.07) is 75.0. The number of benzene rings is 8. The van der Waals surface area contributed by atoms with Gasteiger partial charge in [-0.05, 0) is 74.6 Å². The maximum absolute atomic E-state index is 6.72. The van der Waals surface area contributed by atoms with Gasteiger partial charge in [0, 0.05) is 34.2 Å².